The lowest BCUT2D eigenvalue weighted by molar-refractivity contribution is 0.176. The summed E-state index contributed by atoms with van der Waals surface area (Å²) in [5.41, 5.74) is 2.45. The van der Waals surface area contributed by atoms with Crippen molar-refractivity contribution in [3.63, 3.8) is 0 Å². The first kappa shape index (κ1) is 12.8. The summed E-state index contributed by atoms with van der Waals surface area (Å²) < 4.78 is 1.10. The molecular weight excluding hydrogens is 296 g/mol. The predicted octanol–water partition coefficient (Wildman–Crippen LogP) is 3.97. The van der Waals surface area contributed by atoms with Crippen molar-refractivity contribution < 1.29 is 5.11 Å². The zero-order valence-electron chi connectivity index (χ0n) is 9.69. The summed E-state index contributed by atoms with van der Waals surface area (Å²) in [5, 5.41) is 12.1. The standard InChI is InChI=1S/C14H15BrOS/c1-10-3-2-4-11(5-10)6-13(16)8-14-7-12(15)9-17-14/h2-5,7,9,13,16H,6,8H2,1H3. The van der Waals surface area contributed by atoms with E-state index in [1.807, 2.05) is 6.07 Å². The lowest BCUT2D eigenvalue weighted by atomic mass is 10.0. The third kappa shape index (κ3) is 3.95. The Kier molecular flexibility index (Phi) is 4.37. The van der Waals surface area contributed by atoms with Gasteiger partial charge in [0.15, 0.2) is 0 Å². The molecule has 0 aliphatic rings. The smallest absolute Gasteiger partial charge is 0.0628 e. The van der Waals surface area contributed by atoms with Gasteiger partial charge in [-0.15, -0.1) is 11.3 Å². The van der Waals surface area contributed by atoms with Crippen LogP contribution >= 0.6 is 27.3 Å². The van der Waals surface area contributed by atoms with Gasteiger partial charge in [0.2, 0.25) is 0 Å². The Morgan fingerprint density at radius 3 is 2.76 bits per heavy atom. The fourth-order valence-electron chi connectivity index (χ4n) is 1.88. The second-order valence-electron chi connectivity index (χ2n) is 4.28. The molecule has 0 amide bonds. The van der Waals surface area contributed by atoms with Crippen LogP contribution in [0.25, 0.3) is 0 Å². The highest BCUT2D eigenvalue weighted by atomic mass is 79.9. The van der Waals surface area contributed by atoms with E-state index >= 15 is 0 Å². The van der Waals surface area contributed by atoms with Crippen LogP contribution in [0.15, 0.2) is 40.2 Å². The number of aliphatic hydroxyl groups excluding tert-OH is 1. The first-order valence-electron chi connectivity index (χ1n) is 5.60. The van der Waals surface area contributed by atoms with Crippen molar-refractivity contribution in [2.45, 2.75) is 25.9 Å². The Morgan fingerprint density at radius 1 is 1.29 bits per heavy atom. The van der Waals surface area contributed by atoms with Gasteiger partial charge in [-0.25, -0.2) is 0 Å². The largest absolute Gasteiger partial charge is 0.392 e. The fourth-order valence-corrected chi connectivity index (χ4v) is 3.40. The van der Waals surface area contributed by atoms with E-state index in [0.717, 1.165) is 17.3 Å². The maximum Gasteiger partial charge on any atom is 0.0628 e. The third-order valence-electron chi connectivity index (χ3n) is 2.61. The van der Waals surface area contributed by atoms with Gasteiger partial charge in [0.25, 0.3) is 0 Å². The van der Waals surface area contributed by atoms with Gasteiger partial charge in [0.1, 0.15) is 0 Å². The summed E-state index contributed by atoms with van der Waals surface area (Å²) in [7, 11) is 0. The molecule has 17 heavy (non-hydrogen) atoms. The molecule has 0 spiro atoms. The van der Waals surface area contributed by atoms with Crippen LogP contribution in [0.5, 0.6) is 0 Å². The Bertz CT molecular complexity index is 492. The second kappa shape index (κ2) is 5.80. The number of halogens is 1. The summed E-state index contributed by atoms with van der Waals surface area (Å²) in [4.78, 5) is 1.22. The normalized spacial score (nSPS) is 12.6. The van der Waals surface area contributed by atoms with E-state index in [0.29, 0.717) is 0 Å². The van der Waals surface area contributed by atoms with Crippen molar-refractivity contribution >= 4 is 27.3 Å². The van der Waals surface area contributed by atoms with Gasteiger partial charge >= 0.3 is 0 Å². The van der Waals surface area contributed by atoms with Crippen LogP contribution in [0.1, 0.15) is 16.0 Å². The number of aliphatic hydroxyl groups is 1. The fraction of sp³-hybridized carbons (Fsp3) is 0.286. The van der Waals surface area contributed by atoms with Crippen LogP contribution in [-0.2, 0) is 12.8 Å². The molecule has 2 aromatic rings. The third-order valence-corrected chi connectivity index (χ3v) is 4.33. The van der Waals surface area contributed by atoms with Crippen LogP contribution in [0.2, 0.25) is 0 Å². The summed E-state index contributed by atoms with van der Waals surface area (Å²) in [5.74, 6) is 0. The van der Waals surface area contributed by atoms with Crippen molar-refractivity contribution in [3.8, 4) is 0 Å². The Hall–Kier alpha value is -0.640. The monoisotopic (exact) mass is 310 g/mol. The molecule has 1 unspecified atom stereocenters. The van der Waals surface area contributed by atoms with Gasteiger partial charge < -0.3 is 5.11 Å². The van der Waals surface area contributed by atoms with Gasteiger partial charge in [0.05, 0.1) is 6.10 Å². The molecule has 3 heteroatoms. The Labute approximate surface area is 114 Å². The molecule has 1 aromatic carbocycles. The summed E-state index contributed by atoms with van der Waals surface area (Å²) in [6, 6.07) is 10.4. The van der Waals surface area contributed by atoms with Gasteiger partial charge in [0, 0.05) is 21.2 Å². The maximum atomic E-state index is 10.0. The van der Waals surface area contributed by atoms with E-state index in [1.54, 1.807) is 11.3 Å². The highest BCUT2D eigenvalue weighted by Crippen LogP contribution is 2.21. The molecule has 0 radical (unpaired) electrons. The number of thiophene rings is 1. The van der Waals surface area contributed by atoms with E-state index in [2.05, 4.69) is 52.5 Å². The quantitative estimate of drug-likeness (QED) is 0.906. The van der Waals surface area contributed by atoms with Crippen LogP contribution in [0.3, 0.4) is 0 Å². The van der Waals surface area contributed by atoms with Crippen LogP contribution < -0.4 is 0 Å². The van der Waals surface area contributed by atoms with Crippen molar-refractivity contribution in [2.24, 2.45) is 0 Å². The highest BCUT2D eigenvalue weighted by Gasteiger charge is 2.08. The van der Waals surface area contributed by atoms with Gasteiger partial charge in [-0.2, -0.15) is 0 Å². The topological polar surface area (TPSA) is 20.2 Å². The van der Waals surface area contributed by atoms with E-state index in [4.69, 9.17) is 0 Å². The summed E-state index contributed by atoms with van der Waals surface area (Å²) >= 11 is 5.11. The molecular formula is C14H15BrOS. The van der Waals surface area contributed by atoms with E-state index in [-0.39, 0.29) is 6.10 Å². The van der Waals surface area contributed by atoms with Crippen LogP contribution in [0.4, 0.5) is 0 Å². The second-order valence-corrected chi connectivity index (χ2v) is 6.19. The number of hydrogen-bond acceptors (Lipinski definition) is 2. The molecule has 0 saturated heterocycles. The minimum Gasteiger partial charge on any atom is -0.392 e. The molecule has 0 aliphatic heterocycles. The number of aryl methyl sites for hydroxylation is 1. The van der Waals surface area contributed by atoms with Crippen LogP contribution in [-0.4, -0.2) is 11.2 Å². The molecule has 1 aromatic heterocycles. The molecule has 1 N–H and O–H groups in total. The molecule has 1 atom stereocenters. The van der Waals surface area contributed by atoms with Crippen molar-refractivity contribution in [1.82, 2.24) is 0 Å². The average molecular weight is 311 g/mol. The number of hydrogen-bond donors (Lipinski definition) is 1. The minimum absolute atomic E-state index is 0.303. The summed E-state index contributed by atoms with van der Waals surface area (Å²) in [6.45, 7) is 2.08. The van der Waals surface area contributed by atoms with E-state index < -0.39 is 0 Å². The van der Waals surface area contributed by atoms with Crippen molar-refractivity contribution in [3.05, 3.63) is 56.2 Å². The Morgan fingerprint density at radius 2 is 2.12 bits per heavy atom. The molecule has 0 saturated carbocycles. The number of rotatable bonds is 4. The SMILES string of the molecule is Cc1cccc(CC(O)Cc2cc(Br)cs2)c1. The molecule has 0 bridgehead atoms. The predicted molar refractivity (Wildman–Crippen MR) is 76.6 cm³/mol. The van der Waals surface area contributed by atoms with E-state index in [9.17, 15) is 5.11 Å². The van der Waals surface area contributed by atoms with Gasteiger partial charge in [-0.3, -0.25) is 0 Å². The van der Waals surface area contributed by atoms with Crippen molar-refractivity contribution in [1.29, 1.82) is 0 Å². The summed E-state index contributed by atoms with van der Waals surface area (Å²) in [6.07, 6.45) is 1.14. The zero-order chi connectivity index (χ0) is 12.3. The minimum atomic E-state index is -0.303. The first-order valence-corrected chi connectivity index (χ1v) is 7.27. The van der Waals surface area contributed by atoms with Crippen LogP contribution in [0, 0.1) is 6.92 Å². The van der Waals surface area contributed by atoms with Gasteiger partial charge in [-0.1, -0.05) is 29.8 Å². The number of benzene rings is 1. The molecule has 2 rings (SSSR count). The van der Waals surface area contributed by atoms with E-state index in [1.165, 1.54) is 16.0 Å². The van der Waals surface area contributed by atoms with Gasteiger partial charge in [-0.05, 0) is 40.9 Å². The first-order chi connectivity index (χ1) is 8.13. The van der Waals surface area contributed by atoms with Crippen molar-refractivity contribution in [2.75, 3.05) is 0 Å². The Balaban J connectivity index is 1.95. The molecule has 90 valence electrons. The molecule has 0 aliphatic carbocycles. The zero-order valence-corrected chi connectivity index (χ0v) is 12.1. The average Bonchev–Trinajstić information content (AvgIpc) is 2.63. The lowest BCUT2D eigenvalue weighted by Crippen LogP contribution is -2.13. The molecule has 0 fully saturated rings. The molecule has 1 nitrogen and oxygen atoms in total. The highest BCUT2D eigenvalue weighted by molar-refractivity contribution is 9.10. The molecule has 1 heterocycles. The lowest BCUT2D eigenvalue weighted by Gasteiger charge is -2.09. The maximum absolute atomic E-state index is 10.0.